The molecule has 0 saturated carbocycles. The van der Waals surface area contributed by atoms with E-state index in [1.165, 1.54) is 0 Å². The van der Waals surface area contributed by atoms with Gasteiger partial charge in [0.15, 0.2) is 0 Å². The van der Waals surface area contributed by atoms with Crippen LogP contribution in [-0.4, -0.2) is 43.3 Å². The van der Waals surface area contributed by atoms with Gasteiger partial charge in [-0.05, 0) is 31.9 Å². The topological polar surface area (TPSA) is 95.2 Å². The molecule has 0 bridgehead atoms. The zero-order valence-electron chi connectivity index (χ0n) is 12.9. The molecule has 0 amide bonds. The predicted molar refractivity (Wildman–Crippen MR) is 90.2 cm³/mol. The average Bonchev–Trinajstić information content (AvgIpc) is 2.55. The Morgan fingerprint density at radius 3 is 2.70 bits per heavy atom. The summed E-state index contributed by atoms with van der Waals surface area (Å²) in [6, 6.07) is 7.17. The van der Waals surface area contributed by atoms with E-state index in [9.17, 15) is 13.2 Å². The molecule has 23 heavy (non-hydrogen) atoms. The van der Waals surface area contributed by atoms with Crippen molar-refractivity contribution in [3.8, 4) is 0 Å². The van der Waals surface area contributed by atoms with Crippen molar-refractivity contribution in [1.82, 2.24) is 14.7 Å². The van der Waals surface area contributed by atoms with Crippen LogP contribution in [0.4, 0.5) is 5.95 Å². The van der Waals surface area contributed by atoms with Gasteiger partial charge in [0.05, 0.1) is 16.7 Å². The standard InChI is InChI=1S/C15H20N4O3S/c1-2-23(21,22)18-11-7-9-19(10-8-11)15-16-13-6-4-3-5-12(13)14(20)17-15/h3-6,11,18H,2,7-10H2,1H3,(H,16,17,20). The third-order valence-electron chi connectivity index (χ3n) is 4.12. The first kappa shape index (κ1) is 15.9. The van der Waals surface area contributed by atoms with Crippen LogP contribution in [0.1, 0.15) is 19.8 Å². The van der Waals surface area contributed by atoms with Crippen LogP contribution in [0.2, 0.25) is 0 Å². The number of anilines is 1. The number of nitrogens with zero attached hydrogens (tertiary/aromatic N) is 2. The van der Waals surface area contributed by atoms with E-state index >= 15 is 0 Å². The van der Waals surface area contributed by atoms with Crippen molar-refractivity contribution in [3.63, 3.8) is 0 Å². The summed E-state index contributed by atoms with van der Waals surface area (Å²) in [5.74, 6) is 0.637. The highest BCUT2D eigenvalue weighted by atomic mass is 32.2. The van der Waals surface area contributed by atoms with Crippen molar-refractivity contribution in [2.24, 2.45) is 0 Å². The molecule has 2 N–H and O–H groups in total. The fraction of sp³-hybridized carbons (Fsp3) is 0.467. The van der Waals surface area contributed by atoms with Gasteiger partial charge in [-0.15, -0.1) is 0 Å². The molecule has 8 heteroatoms. The third-order valence-corrected chi connectivity index (χ3v) is 5.57. The highest BCUT2D eigenvalue weighted by molar-refractivity contribution is 7.89. The average molecular weight is 336 g/mol. The minimum atomic E-state index is -3.18. The summed E-state index contributed by atoms with van der Waals surface area (Å²) in [6.07, 6.45) is 1.38. The van der Waals surface area contributed by atoms with Crippen LogP contribution in [0.3, 0.4) is 0 Å². The number of hydrogen-bond acceptors (Lipinski definition) is 5. The number of sulfonamides is 1. The fourth-order valence-corrected chi connectivity index (χ4v) is 3.68. The van der Waals surface area contributed by atoms with E-state index < -0.39 is 10.0 Å². The van der Waals surface area contributed by atoms with Gasteiger partial charge in [-0.2, -0.15) is 0 Å². The number of hydrogen-bond donors (Lipinski definition) is 2. The Morgan fingerprint density at radius 2 is 2.00 bits per heavy atom. The highest BCUT2D eigenvalue weighted by Crippen LogP contribution is 2.17. The lowest BCUT2D eigenvalue weighted by Crippen LogP contribution is -2.45. The summed E-state index contributed by atoms with van der Waals surface area (Å²) in [7, 11) is -3.18. The van der Waals surface area contributed by atoms with Crippen molar-refractivity contribution in [1.29, 1.82) is 0 Å². The molecule has 0 spiro atoms. The Bertz CT molecular complexity index is 854. The number of benzene rings is 1. The van der Waals surface area contributed by atoms with E-state index in [-0.39, 0.29) is 17.4 Å². The summed E-state index contributed by atoms with van der Waals surface area (Å²) < 4.78 is 26.0. The molecule has 3 rings (SSSR count). The van der Waals surface area contributed by atoms with E-state index in [1.807, 2.05) is 23.1 Å². The van der Waals surface area contributed by atoms with Gasteiger partial charge in [0, 0.05) is 19.1 Å². The maximum Gasteiger partial charge on any atom is 0.260 e. The Hall–Kier alpha value is -1.93. The van der Waals surface area contributed by atoms with Crippen molar-refractivity contribution in [3.05, 3.63) is 34.6 Å². The number of H-pyrrole nitrogens is 1. The van der Waals surface area contributed by atoms with E-state index in [2.05, 4.69) is 14.7 Å². The second kappa shape index (κ2) is 6.29. The molecule has 0 unspecified atom stereocenters. The normalized spacial score (nSPS) is 16.8. The van der Waals surface area contributed by atoms with Gasteiger partial charge in [0.2, 0.25) is 16.0 Å². The van der Waals surface area contributed by atoms with Crippen molar-refractivity contribution >= 4 is 26.9 Å². The molecule has 2 aromatic rings. The Balaban J connectivity index is 1.74. The first-order chi connectivity index (χ1) is 11.0. The molecule has 1 fully saturated rings. The number of aromatic amines is 1. The maximum atomic E-state index is 12.1. The lowest BCUT2D eigenvalue weighted by atomic mass is 10.1. The highest BCUT2D eigenvalue weighted by Gasteiger charge is 2.24. The predicted octanol–water partition coefficient (Wildman–Crippen LogP) is 0.831. The molecular weight excluding hydrogens is 316 g/mol. The van der Waals surface area contributed by atoms with Crippen LogP contribution in [0.25, 0.3) is 10.9 Å². The number of piperidine rings is 1. The van der Waals surface area contributed by atoms with E-state index in [1.54, 1.807) is 13.0 Å². The molecule has 2 heterocycles. The first-order valence-corrected chi connectivity index (χ1v) is 9.38. The molecule has 0 atom stereocenters. The van der Waals surface area contributed by atoms with Crippen LogP contribution in [0.5, 0.6) is 0 Å². The van der Waals surface area contributed by atoms with Crippen LogP contribution in [0.15, 0.2) is 29.1 Å². The summed E-state index contributed by atoms with van der Waals surface area (Å²) in [5.41, 5.74) is 0.513. The maximum absolute atomic E-state index is 12.1. The molecule has 1 aromatic carbocycles. The molecule has 1 aliphatic rings. The molecule has 1 saturated heterocycles. The quantitative estimate of drug-likeness (QED) is 0.862. The number of fused-ring (bicyclic) bond motifs is 1. The van der Waals surface area contributed by atoms with Gasteiger partial charge in [-0.3, -0.25) is 9.78 Å². The van der Waals surface area contributed by atoms with E-state index in [4.69, 9.17) is 0 Å². The molecule has 1 aliphatic heterocycles. The molecule has 7 nitrogen and oxygen atoms in total. The largest absolute Gasteiger partial charge is 0.342 e. The van der Waals surface area contributed by atoms with Gasteiger partial charge < -0.3 is 4.90 Å². The molecule has 0 aliphatic carbocycles. The number of para-hydroxylation sites is 1. The lowest BCUT2D eigenvalue weighted by Gasteiger charge is -2.32. The van der Waals surface area contributed by atoms with Crippen LogP contribution < -0.4 is 15.2 Å². The molecule has 1 aromatic heterocycles. The molecule has 124 valence electrons. The number of aromatic nitrogens is 2. The first-order valence-electron chi connectivity index (χ1n) is 7.72. The van der Waals surface area contributed by atoms with Gasteiger partial charge in [0.1, 0.15) is 0 Å². The second-order valence-electron chi connectivity index (χ2n) is 5.69. The second-order valence-corrected chi connectivity index (χ2v) is 7.73. The molecular formula is C15H20N4O3S. The van der Waals surface area contributed by atoms with E-state index in [0.29, 0.717) is 42.8 Å². The Kier molecular flexibility index (Phi) is 4.36. The van der Waals surface area contributed by atoms with Crippen molar-refractivity contribution in [2.75, 3.05) is 23.7 Å². The summed E-state index contributed by atoms with van der Waals surface area (Å²) >= 11 is 0. The number of rotatable bonds is 4. The van der Waals surface area contributed by atoms with Gasteiger partial charge in [-0.1, -0.05) is 12.1 Å². The van der Waals surface area contributed by atoms with Crippen LogP contribution in [0, 0.1) is 0 Å². The zero-order chi connectivity index (χ0) is 16.4. The third kappa shape index (κ3) is 3.53. The summed E-state index contributed by atoms with van der Waals surface area (Å²) in [4.78, 5) is 21.4. The SMILES string of the molecule is CCS(=O)(=O)NC1CCN(c2nc3ccccc3c(=O)[nH]2)CC1. The van der Waals surface area contributed by atoms with Gasteiger partial charge in [0.25, 0.3) is 5.56 Å². The summed E-state index contributed by atoms with van der Waals surface area (Å²) in [6.45, 7) is 2.93. The molecule has 0 radical (unpaired) electrons. The van der Waals surface area contributed by atoms with Crippen LogP contribution >= 0.6 is 0 Å². The lowest BCUT2D eigenvalue weighted by molar-refractivity contribution is 0.457. The Morgan fingerprint density at radius 1 is 1.30 bits per heavy atom. The fourth-order valence-electron chi connectivity index (χ4n) is 2.77. The summed E-state index contributed by atoms with van der Waals surface area (Å²) in [5, 5.41) is 0.571. The number of nitrogens with one attached hydrogen (secondary N) is 2. The van der Waals surface area contributed by atoms with Gasteiger partial charge in [-0.25, -0.2) is 18.1 Å². The Labute approximate surface area is 134 Å². The van der Waals surface area contributed by atoms with Crippen molar-refractivity contribution in [2.45, 2.75) is 25.8 Å². The minimum absolute atomic E-state index is 0.0524. The smallest absolute Gasteiger partial charge is 0.260 e. The minimum Gasteiger partial charge on any atom is -0.342 e. The zero-order valence-corrected chi connectivity index (χ0v) is 13.8. The monoisotopic (exact) mass is 336 g/mol. The van der Waals surface area contributed by atoms with E-state index in [0.717, 1.165) is 0 Å². The van der Waals surface area contributed by atoms with Crippen LogP contribution in [-0.2, 0) is 10.0 Å². The van der Waals surface area contributed by atoms with Crippen molar-refractivity contribution < 1.29 is 8.42 Å². The van der Waals surface area contributed by atoms with Gasteiger partial charge >= 0.3 is 0 Å².